The molecule has 0 radical (unpaired) electrons. The number of rotatable bonds is 1. The number of nitriles is 1. The predicted molar refractivity (Wildman–Crippen MR) is 59.6 cm³/mol. The first-order valence-electron chi connectivity index (χ1n) is 4.74. The molecular weight excluding hydrogens is 202 g/mol. The molecule has 0 spiro atoms. The van der Waals surface area contributed by atoms with E-state index in [1.807, 2.05) is 19.1 Å². The molecule has 0 aliphatic rings. The average Bonchev–Trinajstić information content (AvgIpc) is 2.30. The molecule has 16 heavy (non-hydrogen) atoms. The molecule has 0 aliphatic heterocycles. The van der Waals surface area contributed by atoms with Crippen molar-refractivity contribution in [2.24, 2.45) is 0 Å². The van der Waals surface area contributed by atoms with E-state index in [2.05, 4.69) is 16.6 Å². The molecule has 0 N–H and O–H groups in total. The van der Waals surface area contributed by atoms with Crippen LogP contribution in [0, 0.1) is 30.1 Å². The van der Waals surface area contributed by atoms with Gasteiger partial charge in [0.25, 0.3) is 0 Å². The predicted octanol–water partition coefficient (Wildman–Crippen LogP) is 2.05. The lowest BCUT2D eigenvalue weighted by Crippen LogP contribution is -2.04. The summed E-state index contributed by atoms with van der Waals surface area (Å²) in [6.45, 7) is 1.81. The highest BCUT2D eigenvalue weighted by Crippen LogP contribution is 2.13. The summed E-state index contributed by atoms with van der Waals surface area (Å²) in [5.41, 5.74) is 2.03. The van der Waals surface area contributed by atoms with Gasteiger partial charge in [0.1, 0.15) is 0 Å². The Kier molecular flexibility index (Phi) is 4.12. The van der Waals surface area contributed by atoms with E-state index in [1.54, 1.807) is 12.1 Å². The maximum absolute atomic E-state index is 11.4. The SMILES string of the molecule is COC(=O)c1cccc(C#CCC#N)c1C. The van der Waals surface area contributed by atoms with E-state index in [1.165, 1.54) is 7.11 Å². The van der Waals surface area contributed by atoms with Gasteiger partial charge in [-0.15, -0.1) is 0 Å². The van der Waals surface area contributed by atoms with E-state index in [0.29, 0.717) is 5.56 Å². The van der Waals surface area contributed by atoms with E-state index in [4.69, 9.17) is 5.26 Å². The largest absolute Gasteiger partial charge is 0.465 e. The summed E-state index contributed by atoms with van der Waals surface area (Å²) in [7, 11) is 1.34. The van der Waals surface area contributed by atoms with Gasteiger partial charge in [0.15, 0.2) is 0 Å². The molecule has 3 heteroatoms. The van der Waals surface area contributed by atoms with Crippen LogP contribution in [0.1, 0.15) is 27.9 Å². The normalized spacial score (nSPS) is 8.56. The van der Waals surface area contributed by atoms with Crippen molar-refractivity contribution >= 4 is 5.97 Å². The summed E-state index contributed by atoms with van der Waals surface area (Å²) in [4.78, 5) is 11.4. The molecule has 1 aromatic carbocycles. The zero-order valence-electron chi connectivity index (χ0n) is 9.20. The van der Waals surface area contributed by atoms with Crippen LogP contribution < -0.4 is 0 Å². The van der Waals surface area contributed by atoms with Gasteiger partial charge in [-0.2, -0.15) is 5.26 Å². The summed E-state index contributed by atoms with van der Waals surface area (Å²) in [6.07, 6.45) is 0.182. The molecule has 0 aromatic heterocycles. The van der Waals surface area contributed by atoms with Crippen molar-refractivity contribution in [2.75, 3.05) is 7.11 Å². The Labute approximate surface area is 94.7 Å². The number of carbonyl (C=O) groups excluding carboxylic acids is 1. The van der Waals surface area contributed by atoms with E-state index in [0.717, 1.165) is 11.1 Å². The van der Waals surface area contributed by atoms with Crippen LogP contribution in [0.25, 0.3) is 0 Å². The van der Waals surface area contributed by atoms with Crippen LogP contribution >= 0.6 is 0 Å². The zero-order chi connectivity index (χ0) is 12.0. The Morgan fingerprint density at radius 2 is 2.25 bits per heavy atom. The first-order chi connectivity index (χ1) is 7.70. The number of hydrogen-bond acceptors (Lipinski definition) is 3. The third kappa shape index (κ3) is 2.62. The summed E-state index contributed by atoms with van der Waals surface area (Å²) in [6, 6.07) is 7.19. The quantitative estimate of drug-likeness (QED) is 0.530. The Balaban J connectivity index is 3.11. The smallest absolute Gasteiger partial charge is 0.338 e. The summed E-state index contributed by atoms with van der Waals surface area (Å²) < 4.78 is 4.66. The maximum Gasteiger partial charge on any atom is 0.338 e. The molecule has 0 unspecified atom stereocenters. The average molecular weight is 213 g/mol. The molecular formula is C13H11NO2. The number of methoxy groups -OCH3 is 1. The van der Waals surface area contributed by atoms with Gasteiger partial charge in [-0.05, 0) is 24.6 Å². The third-order valence-electron chi connectivity index (χ3n) is 2.13. The minimum Gasteiger partial charge on any atom is -0.465 e. The lowest BCUT2D eigenvalue weighted by Gasteiger charge is -2.04. The number of carbonyl (C=O) groups is 1. The van der Waals surface area contributed by atoms with Crippen LogP contribution in [0.15, 0.2) is 18.2 Å². The number of nitrogens with zero attached hydrogens (tertiary/aromatic N) is 1. The third-order valence-corrected chi connectivity index (χ3v) is 2.13. The van der Waals surface area contributed by atoms with Crippen molar-refractivity contribution in [2.45, 2.75) is 13.3 Å². The van der Waals surface area contributed by atoms with Gasteiger partial charge in [0, 0.05) is 5.56 Å². The second-order valence-corrected chi connectivity index (χ2v) is 3.11. The van der Waals surface area contributed by atoms with Crippen LogP contribution in [-0.2, 0) is 4.74 Å². The second-order valence-electron chi connectivity index (χ2n) is 3.11. The molecule has 0 fully saturated rings. The van der Waals surface area contributed by atoms with Crippen LogP contribution in [0.2, 0.25) is 0 Å². The highest BCUT2D eigenvalue weighted by molar-refractivity contribution is 5.91. The zero-order valence-corrected chi connectivity index (χ0v) is 9.20. The van der Waals surface area contributed by atoms with Crippen LogP contribution in [0.4, 0.5) is 0 Å². The standard InChI is InChI=1S/C13H11NO2/c1-10-11(6-3-4-9-14)7-5-8-12(10)13(15)16-2/h5,7-8H,4H2,1-2H3. The van der Waals surface area contributed by atoms with Crippen LogP contribution in [0.5, 0.6) is 0 Å². The first-order valence-corrected chi connectivity index (χ1v) is 4.74. The summed E-state index contributed by atoms with van der Waals surface area (Å²) in [5, 5.41) is 8.37. The highest BCUT2D eigenvalue weighted by Gasteiger charge is 2.10. The van der Waals surface area contributed by atoms with Gasteiger partial charge in [0.05, 0.1) is 25.2 Å². The van der Waals surface area contributed by atoms with Crippen molar-refractivity contribution < 1.29 is 9.53 Å². The van der Waals surface area contributed by atoms with Gasteiger partial charge in [-0.1, -0.05) is 17.9 Å². The molecule has 0 saturated heterocycles. The van der Waals surface area contributed by atoms with E-state index < -0.39 is 0 Å². The van der Waals surface area contributed by atoms with E-state index in [9.17, 15) is 4.79 Å². The van der Waals surface area contributed by atoms with Crippen LogP contribution in [-0.4, -0.2) is 13.1 Å². The summed E-state index contributed by atoms with van der Waals surface area (Å²) in [5.74, 6) is 5.19. The van der Waals surface area contributed by atoms with E-state index in [-0.39, 0.29) is 12.4 Å². The van der Waals surface area contributed by atoms with Gasteiger partial charge in [0.2, 0.25) is 0 Å². The number of ether oxygens (including phenoxy) is 1. The van der Waals surface area contributed by atoms with Crippen molar-refractivity contribution in [1.29, 1.82) is 5.26 Å². The van der Waals surface area contributed by atoms with Gasteiger partial charge < -0.3 is 4.74 Å². The Hall–Kier alpha value is -2.26. The Morgan fingerprint density at radius 1 is 1.50 bits per heavy atom. The Bertz CT molecular complexity index is 501. The summed E-state index contributed by atoms with van der Waals surface area (Å²) >= 11 is 0. The van der Waals surface area contributed by atoms with Crippen LogP contribution in [0.3, 0.4) is 0 Å². The monoisotopic (exact) mass is 213 g/mol. The van der Waals surface area contributed by atoms with E-state index >= 15 is 0 Å². The first kappa shape index (κ1) is 11.8. The molecule has 0 heterocycles. The maximum atomic E-state index is 11.4. The van der Waals surface area contributed by atoms with Crippen molar-refractivity contribution in [3.63, 3.8) is 0 Å². The molecule has 0 amide bonds. The minimum atomic E-state index is -0.374. The fraction of sp³-hybridized carbons (Fsp3) is 0.231. The Morgan fingerprint density at radius 3 is 2.88 bits per heavy atom. The second kappa shape index (κ2) is 5.58. The lowest BCUT2D eigenvalue weighted by molar-refractivity contribution is 0.0600. The molecule has 1 aromatic rings. The van der Waals surface area contributed by atoms with Crippen molar-refractivity contribution in [3.05, 3.63) is 34.9 Å². The fourth-order valence-corrected chi connectivity index (χ4v) is 1.28. The van der Waals surface area contributed by atoms with Crippen molar-refractivity contribution in [3.8, 4) is 17.9 Å². The number of hydrogen-bond donors (Lipinski definition) is 0. The highest BCUT2D eigenvalue weighted by atomic mass is 16.5. The van der Waals surface area contributed by atoms with Gasteiger partial charge >= 0.3 is 5.97 Å². The fourth-order valence-electron chi connectivity index (χ4n) is 1.28. The number of esters is 1. The molecule has 0 atom stereocenters. The minimum absolute atomic E-state index is 0.182. The topological polar surface area (TPSA) is 50.1 Å². The molecule has 0 saturated carbocycles. The number of benzene rings is 1. The van der Waals surface area contributed by atoms with Crippen molar-refractivity contribution in [1.82, 2.24) is 0 Å². The molecule has 0 aliphatic carbocycles. The van der Waals surface area contributed by atoms with Gasteiger partial charge in [-0.3, -0.25) is 0 Å². The molecule has 0 bridgehead atoms. The molecule has 1 rings (SSSR count). The molecule has 3 nitrogen and oxygen atoms in total. The van der Waals surface area contributed by atoms with Gasteiger partial charge in [-0.25, -0.2) is 4.79 Å². The lowest BCUT2D eigenvalue weighted by atomic mass is 10.0. The molecule has 80 valence electrons.